The van der Waals surface area contributed by atoms with Gasteiger partial charge in [-0.05, 0) is 32.1 Å². The molecule has 2 saturated heterocycles. The van der Waals surface area contributed by atoms with E-state index in [1.165, 1.54) is 7.11 Å². The number of hydrogen-bond donors (Lipinski definition) is 1. The van der Waals surface area contributed by atoms with Gasteiger partial charge < -0.3 is 19.5 Å². The monoisotopic (exact) mass is 299 g/mol. The van der Waals surface area contributed by atoms with Gasteiger partial charge in [-0.2, -0.15) is 0 Å². The van der Waals surface area contributed by atoms with Gasteiger partial charge >= 0.3 is 11.9 Å². The summed E-state index contributed by atoms with van der Waals surface area (Å²) in [6, 6.07) is -0.175. The predicted molar refractivity (Wildman–Crippen MR) is 71.5 cm³/mol. The first kappa shape index (κ1) is 15.8. The number of esters is 1. The van der Waals surface area contributed by atoms with Crippen LogP contribution in [0.2, 0.25) is 0 Å². The number of carbonyl (C=O) groups is 3. The van der Waals surface area contributed by atoms with Crippen LogP contribution in [0, 0.1) is 0 Å². The third-order valence-corrected chi connectivity index (χ3v) is 4.11. The number of hydrogen-bond acceptors (Lipinski definition) is 5. The number of methoxy groups -OCH3 is 1. The summed E-state index contributed by atoms with van der Waals surface area (Å²) in [5.74, 6) is -1.57. The second-order valence-electron chi connectivity index (χ2n) is 5.49. The molecule has 1 unspecified atom stereocenters. The van der Waals surface area contributed by atoms with Gasteiger partial charge in [-0.15, -0.1) is 0 Å². The highest BCUT2D eigenvalue weighted by atomic mass is 16.5. The lowest BCUT2D eigenvalue weighted by molar-refractivity contribution is -0.157. The summed E-state index contributed by atoms with van der Waals surface area (Å²) < 4.78 is 9.98. The van der Waals surface area contributed by atoms with Crippen molar-refractivity contribution in [3.63, 3.8) is 0 Å². The minimum atomic E-state index is -1.03. The molecule has 2 aliphatic heterocycles. The van der Waals surface area contributed by atoms with Gasteiger partial charge in [0.05, 0.1) is 13.5 Å². The first-order valence-electron chi connectivity index (χ1n) is 7.28. The van der Waals surface area contributed by atoms with Gasteiger partial charge in [0.15, 0.2) is 6.10 Å². The molecule has 0 aliphatic carbocycles. The van der Waals surface area contributed by atoms with Crippen LogP contribution in [-0.4, -0.2) is 59.8 Å². The second-order valence-corrected chi connectivity index (χ2v) is 5.49. The van der Waals surface area contributed by atoms with Crippen LogP contribution in [0.15, 0.2) is 0 Å². The van der Waals surface area contributed by atoms with E-state index in [1.54, 1.807) is 4.90 Å². The highest BCUT2D eigenvalue weighted by molar-refractivity contribution is 5.83. The zero-order valence-electron chi connectivity index (χ0n) is 12.1. The van der Waals surface area contributed by atoms with Crippen LogP contribution in [0.4, 0.5) is 0 Å². The normalized spacial score (nSPS) is 29.2. The van der Waals surface area contributed by atoms with E-state index >= 15 is 0 Å². The van der Waals surface area contributed by atoms with Crippen LogP contribution in [-0.2, 0) is 23.9 Å². The van der Waals surface area contributed by atoms with Gasteiger partial charge in [0.25, 0.3) is 5.91 Å². The van der Waals surface area contributed by atoms with Crippen molar-refractivity contribution in [1.29, 1.82) is 0 Å². The van der Waals surface area contributed by atoms with Crippen molar-refractivity contribution in [2.45, 2.75) is 56.8 Å². The highest BCUT2D eigenvalue weighted by Gasteiger charge is 2.39. The van der Waals surface area contributed by atoms with E-state index in [2.05, 4.69) is 4.74 Å². The smallest absolute Gasteiger partial charge is 0.332 e. The Balaban J connectivity index is 1.98. The molecule has 118 valence electrons. The third-order valence-electron chi connectivity index (χ3n) is 4.11. The first-order valence-corrected chi connectivity index (χ1v) is 7.28. The van der Waals surface area contributed by atoms with E-state index in [4.69, 9.17) is 9.84 Å². The van der Waals surface area contributed by atoms with Crippen molar-refractivity contribution < 1.29 is 29.0 Å². The maximum absolute atomic E-state index is 12.5. The van der Waals surface area contributed by atoms with Gasteiger partial charge in [0.1, 0.15) is 6.10 Å². The predicted octanol–water partition coefficient (Wildman–Crippen LogP) is 0.563. The Bertz CT molecular complexity index is 424. The van der Waals surface area contributed by atoms with E-state index in [0.29, 0.717) is 19.4 Å². The fourth-order valence-electron chi connectivity index (χ4n) is 2.96. The molecule has 7 nitrogen and oxygen atoms in total. The van der Waals surface area contributed by atoms with Crippen LogP contribution in [0.3, 0.4) is 0 Å². The number of aliphatic carboxylic acids is 1. The average molecular weight is 299 g/mol. The van der Waals surface area contributed by atoms with Crippen molar-refractivity contribution in [2.75, 3.05) is 13.7 Å². The number of rotatable bonds is 4. The minimum absolute atomic E-state index is 0.175. The molecule has 2 rings (SSSR count). The van der Waals surface area contributed by atoms with Crippen LogP contribution >= 0.6 is 0 Å². The number of nitrogens with zero attached hydrogens (tertiary/aromatic N) is 1. The number of piperidine rings is 1. The SMILES string of the molecule is COC(=O)CC1CCCCN1C(=O)[C@@H]1CC[C@H](C(=O)O)O1. The summed E-state index contributed by atoms with van der Waals surface area (Å²) in [6.07, 6.45) is 1.95. The lowest BCUT2D eigenvalue weighted by Crippen LogP contribution is -2.49. The molecule has 0 radical (unpaired) electrons. The lowest BCUT2D eigenvalue weighted by atomic mass is 9.98. The largest absolute Gasteiger partial charge is 0.479 e. The van der Waals surface area contributed by atoms with Crippen molar-refractivity contribution in [2.24, 2.45) is 0 Å². The molecule has 0 aromatic heterocycles. The van der Waals surface area contributed by atoms with E-state index in [-0.39, 0.29) is 24.3 Å². The molecule has 0 spiro atoms. The van der Waals surface area contributed by atoms with E-state index < -0.39 is 18.2 Å². The molecule has 0 saturated carbocycles. The molecule has 0 aromatic rings. The quantitative estimate of drug-likeness (QED) is 0.763. The number of amides is 1. The zero-order chi connectivity index (χ0) is 15.4. The molecule has 1 N–H and O–H groups in total. The number of carboxylic acids is 1. The first-order chi connectivity index (χ1) is 10.0. The van der Waals surface area contributed by atoms with Crippen molar-refractivity contribution in [1.82, 2.24) is 4.90 Å². The zero-order valence-corrected chi connectivity index (χ0v) is 12.1. The van der Waals surface area contributed by atoms with Gasteiger partial charge in [-0.25, -0.2) is 4.79 Å². The minimum Gasteiger partial charge on any atom is -0.479 e. The summed E-state index contributed by atoms with van der Waals surface area (Å²) in [5.41, 5.74) is 0. The van der Waals surface area contributed by atoms with Crippen LogP contribution < -0.4 is 0 Å². The van der Waals surface area contributed by atoms with Gasteiger partial charge in [0, 0.05) is 12.6 Å². The molecule has 1 amide bonds. The van der Waals surface area contributed by atoms with Crippen LogP contribution in [0.25, 0.3) is 0 Å². The summed E-state index contributed by atoms with van der Waals surface area (Å²) >= 11 is 0. The Labute approximate surface area is 123 Å². The highest BCUT2D eigenvalue weighted by Crippen LogP contribution is 2.26. The summed E-state index contributed by atoms with van der Waals surface area (Å²) in [7, 11) is 1.33. The van der Waals surface area contributed by atoms with Crippen LogP contribution in [0.1, 0.15) is 38.5 Å². The molecule has 2 heterocycles. The fourth-order valence-corrected chi connectivity index (χ4v) is 2.96. The Kier molecular flexibility index (Phi) is 5.17. The number of carboxylic acid groups (broad SMARTS) is 1. The fraction of sp³-hybridized carbons (Fsp3) is 0.786. The summed E-state index contributed by atoms with van der Waals surface area (Å²) in [6.45, 7) is 0.581. The Morgan fingerprint density at radius 3 is 2.52 bits per heavy atom. The van der Waals surface area contributed by atoms with Crippen molar-refractivity contribution >= 4 is 17.8 Å². The van der Waals surface area contributed by atoms with Crippen molar-refractivity contribution in [3.05, 3.63) is 0 Å². The molecule has 7 heteroatoms. The van der Waals surface area contributed by atoms with Gasteiger partial charge in [-0.3, -0.25) is 9.59 Å². The Hall–Kier alpha value is -1.63. The second kappa shape index (κ2) is 6.89. The van der Waals surface area contributed by atoms with Crippen molar-refractivity contribution in [3.8, 4) is 0 Å². The summed E-state index contributed by atoms with van der Waals surface area (Å²) in [4.78, 5) is 36.5. The van der Waals surface area contributed by atoms with Crippen LogP contribution in [0.5, 0.6) is 0 Å². The summed E-state index contributed by atoms with van der Waals surface area (Å²) in [5, 5.41) is 8.91. The molecule has 21 heavy (non-hydrogen) atoms. The molecule has 0 bridgehead atoms. The molecule has 2 aliphatic rings. The lowest BCUT2D eigenvalue weighted by Gasteiger charge is -2.36. The number of carbonyl (C=O) groups excluding carboxylic acids is 2. The maximum Gasteiger partial charge on any atom is 0.332 e. The van der Waals surface area contributed by atoms with E-state index in [0.717, 1.165) is 19.3 Å². The molecule has 0 aromatic carbocycles. The van der Waals surface area contributed by atoms with Gasteiger partial charge in [-0.1, -0.05) is 0 Å². The molecular formula is C14H21NO6. The molecular weight excluding hydrogens is 278 g/mol. The Morgan fingerprint density at radius 1 is 1.19 bits per heavy atom. The number of likely N-dealkylation sites (tertiary alicyclic amines) is 1. The molecule has 3 atom stereocenters. The Morgan fingerprint density at radius 2 is 1.90 bits per heavy atom. The van der Waals surface area contributed by atoms with Gasteiger partial charge in [0.2, 0.25) is 0 Å². The molecule has 2 fully saturated rings. The maximum atomic E-state index is 12.5. The average Bonchev–Trinajstić information content (AvgIpc) is 2.97. The van der Waals surface area contributed by atoms with E-state index in [1.807, 2.05) is 0 Å². The standard InChI is InChI=1S/C14H21NO6/c1-20-12(16)8-9-4-2-3-7-15(9)13(17)10-5-6-11(21-10)14(18)19/h9-11H,2-8H2,1H3,(H,18,19)/t9?,10-,11+/m0/s1. The van der Waals surface area contributed by atoms with E-state index in [9.17, 15) is 14.4 Å². The third kappa shape index (κ3) is 3.72. The topological polar surface area (TPSA) is 93.1 Å². The number of ether oxygens (including phenoxy) is 2.